The van der Waals surface area contributed by atoms with E-state index in [0.29, 0.717) is 11.5 Å². The second-order valence-corrected chi connectivity index (χ2v) is 8.52. The first-order chi connectivity index (χ1) is 9.98. The van der Waals surface area contributed by atoms with Crippen molar-refractivity contribution < 1.29 is 4.79 Å². The summed E-state index contributed by atoms with van der Waals surface area (Å²) in [5.41, 5.74) is 1.10. The van der Waals surface area contributed by atoms with Gasteiger partial charge in [0.15, 0.2) is 0 Å². The third kappa shape index (κ3) is 3.55. The fourth-order valence-electron chi connectivity index (χ4n) is 2.00. The number of anilines is 1. The summed E-state index contributed by atoms with van der Waals surface area (Å²) in [6.45, 7) is 14.4. The highest BCUT2D eigenvalue weighted by atomic mass is 32.1. The van der Waals surface area contributed by atoms with E-state index in [1.54, 1.807) is 5.38 Å². The van der Waals surface area contributed by atoms with E-state index in [1.165, 1.54) is 11.3 Å². The predicted molar refractivity (Wildman–Crippen MR) is 90.7 cm³/mol. The molecule has 0 aliphatic carbocycles. The van der Waals surface area contributed by atoms with Crippen LogP contribution in [0.1, 0.15) is 62.7 Å². The summed E-state index contributed by atoms with van der Waals surface area (Å²) >= 11 is 1.47. The van der Waals surface area contributed by atoms with Crippen molar-refractivity contribution in [1.82, 2.24) is 14.8 Å². The molecule has 120 valence electrons. The van der Waals surface area contributed by atoms with Crippen LogP contribution in [-0.4, -0.2) is 20.7 Å². The molecule has 2 aromatic heterocycles. The lowest BCUT2D eigenvalue weighted by Crippen LogP contribution is -2.27. The van der Waals surface area contributed by atoms with Crippen molar-refractivity contribution in [2.45, 2.75) is 59.4 Å². The Morgan fingerprint density at radius 3 is 2.32 bits per heavy atom. The van der Waals surface area contributed by atoms with Gasteiger partial charge in [-0.25, -0.2) is 9.67 Å². The maximum atomic E-state index is 12.4. The number of aryl methyl sites for hydroxylation is 1. The van der Waals surface area contributed by atoms with Crippen LogP contribution in [0.4, 0.5) is 5.82 Å². The number of nitrogens with one attached hydrogen (secondary N) is 1. The number of amides is 1. The zero-order chi connectivity index (χ0) is 16.7. The molecule has 2 aromatic rings. The van der Waals surface area contributed by atoms with E-state index in [2.05, 4.69) is 56.9 Å². The lowest BCUT2D eigenvalue weighted by atomic mass is 9.92. The van der Waals surface area contributed by atoms with Crippen LogP contribution in [0.2, 0.25) is 0 Å². The average molecular weight is 320 g/mol. The lowest BCUT2D eigenvalue weighted by molar-refractivity contribution is 0.102. The number of carbonyl (C=O) groups is 1. The van der Waals surface area contributed by atoms with Crippen LogP contribution >= 0.6 is 11.3 Å². The number of carbonyl (C=O) groups excluding carboxylic acids is 1. The topological polar surface area (TPSA) is 59.8 Å². The van der Waals surface area contributed by atoms with E-state index in [4.69, 9.17) is 0 Å². The molecule has 2 heterocycles. The summed E-state index contributed by atoms with van der Waals surface area (Å²) in [5.74, 6) is 0.503. The molecule has 0 saturated heterocycles. The Kier molecular flexibility index (Phi) is 4.17. The van der Waals surface area contributed by atoms with Crippen LogP contribution in [0.25, 0.3) is 0 Å². The molecule has 6 heteroatoms. The van der Waals surface area contributed by atoms with Gasteiger partial charge >= 0.3 is 0 Å². The number of thiazole rings is 1. The summed E-state index contributed by atoms with van der Waals surface area (Å²) in [7, 11) is 0. The third-order valence-electron chi connectivity index (χ3n) is 3.21. The summed E-state index contributed by atoms with van der Waals surface area (Å²) in [4.78, 5) is 16.6. The van der Waals surface area contributed by atoms with Crippen LogP contribution in [-0.2, 0) is 11.0 Å². The van der Waals surface area contributed by atoms with E-state index in [9.17, 15) is 4.79 Å². The van der Waals surface area contributed by atoms with Gasteiger partial charge in [0.05, 0.1) is 16.2 Å². The fraction of sp³-hybridized carbons (Fsp3) is 0.562. The molecular formula is C16H24N4OS. The average Bonchev–Trinajstić information content (AvgIpc) is 2.93. The van der Waals surface area contributed by atoms with Crippen LogP contribution in [0.5, 0.6) is 0 Å². The monoisotopic (exact) mass is 320 g/mol. The minimum Gasteiger partial charge on any atom is -0.305 e. The third-order valence-corrected chi connectivity index (χ3v) is 3.98. The smallest absolute Gasteiger partial charge is 0.276 e. The van der Waals surface area contributed by atoms with Crippen molar-refractivity contribution in [3.8, 4) is 0 Å². The predicted octanol–water partition coefficient (Wildman–Crippen LogP) is 3.95. The Bertz CT molecular complexity index is 686. The highest BCUT2D eigenvalue weighted by molar-refractivity contribution is 7.09. The second kappa shape index (κ2) is 5.50. The standard InChI is InChI=1S/C16H24N4OS/c1-10-17-11(9-22-10)14(21)18-13-8-12(15(2,3)4)19-20(13)16(5,6)7/h8-9H,1-7H3,(H,18,21). The van der Waals surface area contributed by atoms with E-state index in [1.807, 2.05) is 17.7 Å². The Morgan fingerprint density at radius 2 is 1.86 bits per heavy atom. The molecule has 0 spiro atoms. The molecule has 0 aliphatic heterocycles. The van der Waals surface area contributed by atoms with Gasteiger partial charge in [0, 0.05) is 16.9 Å². The molecule has 22 heavy (non-hydrogen) atoms. The molecule has 1 N–H and O–H groups in total. The van der Waals surface area contributed by atoms with Crippen LogP contribution < -0.4 is 5.32 Å². The first-order valence-corrected chi connectivity index (χ1v) is 8.21. The molecule has 1 amide bonds. The van der Waals surface area contributed by atoms with Gasteiger partial charge < -0.3 is 5.32 Å². The van der Waals surface area contributed by atoms with Gasteiger partial charge in [0.25, 0.3) is 5.91 Å². The van der Waals surface area contributed by atoms with Gasteiger partial charge in [0.2, 0.25) is 0 Å². The maximum absolute atomic E-state index is 12.4. The summed E-state index contributed by atoms with van der Waals surface area (Å²) in [5, 5.41) is 10.3. The van der Waals surface area contributed by atoms with Crippen LogP contribution in [0, 0.1) is 6.92 Å². The lowest BCUT2D eigenvalue weighted by Gasteiger charge is -2.22. The zero-order valence-corrected chi connectivity index (χ0v) is 15.1. The van der Waals surface area contributed by atoms with Crippen molar-refractivity contribution in [2.24, 2.45) is 0 Å². The number of rotatable bonds is 2. The van der Waals surface area contributed by atoms with Crippen molar-refractivity contribution in [3.05, 3.63) is 27.8 Å². The van der Waals surface area contributed by atoms with E-state index >= 15 is 0 Å². The maximum Gasteiger partial charge on any atom is 0.276 e. The highest BCUT2D eigenvalue weighted by Gasteiger charge is 2.26. The Morgan fingerprint density at radius 1 is 1.23 bits per heavy atom. The molecule has 0 atom stereocenters. The first kappa shape index (κ1) is 16.7. The molecule has 0 aromatic carbocycles. The molecule has 0 saturated carbocycles. The Labute approximate surface area is 135 Å². The van der Waals surface area contributed by atoms with Crippen molar-refractivity contribution in [2.75, 3.05) is 5.32 Å². The minimum absolute atomic E-state index is 0.0762. The zero-order valence-electron chi connectivity index (χ0n) is 14.3. The van der Waals surface area contributed by atoms with Gasteiger partial charge in [-0.15, -0.1) is 11.3 Å². The molecule has 5 nitrogen and oxygen atoms in total. The number of hydrogen-bond acceptors (Lipinski definition) is 4. The summed E-state index contributed by atoms with van der Waals surface area (Å²) < 4.78 is 1.87. The van der Waals surface area contributed by atoms with Crippen LogP contribution in [0.3, 0.4) is 0 Å². The normalized spacial score (nSPS) is 12.5. The quantitative estimate of drug-likeness (QED) is 0.911. The number of aromatic nitrogens is 3. The van der Waals surface area contributed by atoms with Crippen molar-refractivity contribution in [3.63, 3.8) is 0 Å². The van der Waals surface area contributed by atoms with Crippen LogP contribution in [0.15, 0.2) is 11.4 Å². The van der Waals surface area contributed by atoms with Gasteiger partial charge in [-0.3, -0.25) is 4.79 Å². The largest absolute Gasteiger partial charge is 0.305 e. The number of nitrogens with zero attached hydrogens (tertiary/aromatic N) is 3. The van der Waals surface area contributed by atoms with Gasteiger partial charge in [0.1, 0.15) is 11.5 Å². The molecule has 0 fully saturated rings. The SMILES string of the molecule is Cc1nc(C(=O)Nc2cc(C(C)(C)C)nn2C(C)(C)C)cs1. The van der Waals surface area contributed by atoms with E-state index in [0.717, 1.165) is 10.7 Å². The van der Waals surface area contributed by atoms with Crippen molar-refractivity contribution in [1.29, 1.82) is 0 Å². The van der Waals surface area contributed by atoms with Gasteiger partial charge in [-0.05, 0) is 27.7 Å². The highest BCUT2D eigenvalue weighted by Crippen LogP contribution is 2.28. The first-order valence-electron chi connectivity index (χ1n) is 7.33. The minimum atomic E-state index is -0.218. The number of hydrogen-bond donors (Lipinski definition) is 1. The van der Waals surface area contributed by atoms with Gasteiger partial charge in [-0.2, -0.15) is 5.10 Å². The molecule has 0 aliphatic rings. The Balaban J connectivity index is 2.37. The second-order valence-electron chi connectivity index (χ2n) is 7.45. The molecule has 0 unspecified atom stereocenters. The van der Waals surface area contributed by atoms with E-state index in [-0.39, 0.29) is 16.9 Å². The summed E-state index contributed by atoms with van der Waals surface area (Å²) in [6, 6.07) is 1.95. The van der Waals surface area contributed by atoms with E-state index < -0.39 is 0 Å². The Hall–Kier alpha value is -1.69. The fourth-order valence-corrected chi connectivity index (χ4v) is 2.59. The summed E-state index contributed by atoms with van der Waals surface area (Å²) in [6.07, 6.45) is 0. The molecule has 0 bridgehead atoms. The molecular weight excluding hydrogens is 296 g/mol. The molecule has 2 rings (SSSR count). The van der Waals surface area contributed by atoms with Gasteiger partial charge in [-0.1, -0.05) is 20.8 Å². The van der Waals surface area contributed by atoms with Crippen molar-refractivity contribution >= 4 is 23.1 Å². The molecule has 0 radical (unpaired) electrons.